The van der Waals surface area contributed by atoms with Crippen LogP contribution >= 0.6 is 72.8 Å². The van der Waals surface area contributed by atoms with Gasteiger partial charge in [0.05, 0.1) is 74.4 Å². The van der Waals surface area contributed by atoms with Crippen LogP contribution in [0.5, 0.6) is 0 Å². The molecule has 0 radical (unpaired) electrons. The van der Waals surface area contributed by atoms with Crippen molar-refractivity contribution in [2.24, 2.45) is 11.5 Å². The molecule has 8 aromatic heterocycles. The molecule has 0 aliphatic carbocycles. The van der Waals surface area contributed by atoms with E-state index in [1.165, 1.54) is 77.5 Å². The van der Waals surface area contributed by atoms with Crippen LogP contribution in [0.1, 0.15) is 58.8 Å². The first-order chi connectivity index (χ1) is 47.6. The number of thiol groups is 2. The van der Waals surface area contributed by atoms with E-state index in [1.54, 1.807) is 4.57 Å². The normalized spacial score (nSPS) is 34.2. The molecule has 6 aliphatic heterocycles. The summed E-state index contributed by atoms with van der Waals surface area (Å²) in [5.41, 5.74) is 25.6. The molecule has 0 amide bonds. The minimum absolute atomic E-state index is 0. The van der Waals surface area contributed by atoms with E-state index in [2.05, 4.69) is 130 Å². The van der Waals surface area contributed by atoms with Gasteiger partial charge >= 0.3 is 13.4 Å². The molecule has 0 spiro atoms. The molecule has 14 rings (SSSR count). The molecule has 20 atom stereocenters. The topological polar surface area (TPSA) is 533 Å². The molecule has 103 heavy (non-hydrogen) atoms. The number of rotatable bonds is 6. The maximum atomic E-state index is 16.4. The van der Waals surface area contributed by atoms with Gasteiger partial charge in [-0.05, 0) is 79.5 Å². The highest BCUT2D eigenvalue weighted by atomic mass is 32.9. The molecule has 6 saturated heterocycles. The minimum Gasteiger partial charge on any atom is -0.410 e. The Morgan fingerprint density at radius 3 is 1.41 bits per heavy atom. The number of aromatic amines is 2. The molecule has 0 aromatic carbocycles. The number of hydrogen-bond acceptors (Lipinski definition) is 36. The summed E-state index contributed by atoms with van der Waals surface area (Å²) in [7, 11) is 0.441. The number of hydrogen-bond donors (Lipinski definition) is 13. The molecule has 6 aliphatic rings. The van der Waals surface area contributed by atoms with Gasteiger partial charge in [0.25, 0.3) is 11.1 Å². The number of nitrogens with one attached hydrogen (secondary N) is 2. The molecule has 0 saturated carbocycles. The van der Waals surface area contributed by atoms with Crippen molar-refractivity contribution in [3.63, 3.8) is 0 Å². The number of nitrogen functional groups attached to an aromatic ring is 4. The maximum Gasteiger partial charge on any atom is 0.325 e. The number of thioether (sulfide) groups is 2. The Morgan fingerprint density at radius 2 is 0.971 bits per heavy atom. The number of fused-ring (bicyclic) bond motifs is 10. The van der Waals surface area contributed by atoms with E-state index in [-0.39, 0.29) is 101 Å². The number of aliphatic hydroxyl groups is 1. The lowest BCUT2D eigenvalue weighted by molar-refractivity contribution is -0.0442. The van der Waals surface area contributed by atoms with Crippen LogP contribution < -0.4 is 45.5 Å². The van der Waals surface area contributed by atoms with Crippen molar-refractivity contribution in [1.29, 1.82) is 0 Å². The number of aliphatic hydroxyl groups excluding tert-OH is 1. The lowest BCUT2D eigenvalue weighted by atomic mass is 10.1. The fourth-order valence-electron chi connectivity index (χ4n) is 11.2. The van der Waals surface area contributed by atoms with E-state index >= 15 is 8.78 Å². The predicted octanol–water partition coefficient (Wildman–Crippen LogP) is 4.50. The summed E-state index contributed by atoms with van der Waals surface area (Å²) < 4.78 is 105. The first-order valence-corrected chi connectivity index (χ1v) is 47.5. The standard InChI is InChI=1S/C26H37FN10O8P2S4Si.C20H23FN10O8P2S4.2CH5N.2CH4/c1-26(2,3)52(4,5)45-17-12-7-41-47(49,50)44-16-11(42-23(13(16)27)36-9-32-14-19(28)30-8-31-20(14)36)6-40-46(39,48)43-18(17)24(51-12)37-10-33-15-21(37)34-25(29)35-22(15)38;21-8-12-6(37-18(8)30-4-26-9-14(22)24-3-25-15(9)30)1-35-40(34,42)38-13-11(32)7(2-36-41(43,44)39-12)45-19(13)31-5-27-10-16(31)28-20(23)29-17(10)33;2*1-2;;/h8-13,16-18,23-24H,6-7H2,1-5H3,(H,39,48)(H,49,50)(H2,28,30,31)(H3,29,34,35,38);3-8,11-13,18-19,32H,1-2H2,(H,34,42)(H,43,44)(H2,22,24,25)(H3,23,28,29,33);2*2H2,1H3;2*1H4/t11-,12-,13+,16-,17-,18-,23-,24-,46?;6-,7-,8+,11-,12-,13-,18-,19-,40?;;;;/m11..../s1. The molecule has 14 heterocycles. The highest BCUT2D eigenvalue weighted by Gasteiger charge is 2.57. The lowest BCUT2D eigenvalue weighted by Crippen LogP contribution is -2.50. The van der Waals surface area contributed by atoms with Crippen LogP contribution in [0.2, 0.25) is 18.1 Å². The molecular weight excluding hydrogens is 1610 g/mol. The Hall–Kier alpha value is -3.56. The highest BCUT2D eigenvalue weighted by molar-refractivity contribution is 8.60. The van der Waals surface area contributed by atoms with Gasteiger partial charge in [-0.15, -0.1) is 23.5 Å². The zero-order valence-corrected chi connectivity index (χ0v) is 65.1. The number of nitrogens with zero attached hydrogens (tertiary/aromatic N) is 14. The summed E-state index contributed by atoms with van der Waals surface area (Å²) in [4.78, 5) is 94.2. The third kappa shape index (κ3) is 17.2. The monoisotopic (exact) mass is 1690 g/mol. The molecule has 4 unspecified atom stereocenters. The van der Waals surface area contributed by atoms with E-state index < -0.39 is 152 Å². The lowest BCUT2D eigenvalue weighted by Gasteiger charge is -2.41. The first-order valence-electron chi connectivity index (χ1n) is 29.9. The van der Waals surface area contributed by atoms with Gasteiger partial charge in [-0.2, -0.15) is 9.97 Å². The number of halogens is 2. The number of alkyl halides is 2. The van der Waals surface area contributed by atoms with Crippen molar-refractivity contribution in [2.45, 2.75) is 149 Å². The third-order valence-corrected chi connectivity index (χ3v) is 31.8. The van der Waals surface area contributed by atoms with Gasteiger partial charge in [0.15, 0.2) is 78.4 Å². The number of anilines is 4. The number of H-pyrrole nitrogens is 2. The summed E-state index contributed by atoms with van der Waals surface area (Å²) in [6, 6.07) is 0. The smallest absolute Gasteiger partial charge is 0.325 e. The Balaban J connectivity index is 0.000000226. The SMILES string of the molecule is C.C.CC(C)(C)[Si](C)(C)O[C@H]1[C@H]2OP(O)(=S)OC[C@H]3O[C@@H](n4cnc5c(N)ncnc54)[C@@H](F)[C@@H]3OP(=S)(S)OC[C@H]1S[C@H]2n1cnc2c(=O)[nH]c(N)nc21.CN.CN.Nc1nc2c(ncn2[C@@H]2S[C@@H]3COP(=S)(S)O[C@H]4[C@H](F)[C@H](n5cnc6c(N)ncnc65)O[C@@H]4COP(O)(=S)O[C@@H]2[C@@H]3O)c(=O)[nH]1. The van der Waals surface area contributed by atoms with Crippen LogP contribution in [0.15, 0.2) is 47.6 Å². The fourth-order valence-corrected chi connectivity index (χ4v) is 22.8. The molecule has 8 aromatic rings. The summed E-state index contributed by atoms with van der Waals surface area (Å²) >= 11 is 33.6. The average molecular weight is 1690 g/mol. The summed E-state index contributed by atoms with van der Waals surface area (Å²) in [5.74, 6) is -0.0759. The van der Waals surface area contributed by atoms with E-state index in [4.69, 9.17) is 120 Å². The van der Waals surface area contributed by atoms with Gasteiger partial charge in [0.2, 0.25) is 23.3 Å². The number of ether oxygens (including phenoxy) is 2. The van der Waals surface area contributed by atoms with E-state index in [1.807, 2.05) is 0 Å². The number of nitrogens with two attached hydrogens (primary N) is 6. The zero-order valence-electron chi connectivity index (χ0n) is 53.8. The number of imidazole rings is 4. The van der Waals surface area contributed by atoms with Crippen LogP contribution in [0.4, 0.5) is 32.3 Å². The van der Waals surface area contributed by atoms with Crippen LogP contribution in [-0.4, -0.2) is 213 Å². The van der Waals surface area contributed by atoms with Crippen LogP contribution in [-0.2, 0) is 97.3 Å². The number of aromatic nitrogens is 16. The molecule has 4 bridgehead atoms. The van der Waals surface area contributed by atoms with Crippen molar-refractivity contribution in [1.82, 2.24) is 78.1 Å². The second-order valence-electron chi connectivity index (χ2n) is 24.0. The van der Waals surface area contributed by atoms with Crippen molar-refractivity contribution in [3.05, 3.63) is 58.7 Å². The van der Waals surface area contributed by atoms with Gasteiger partial charge in [-0.25, -0.2) is 48.7 Å². The van der Waals surface area contributed by atoms with Crippen LogP contribution in [0.3, 0.4) is 0 Å². The first kappa shape index (κ1) is 83.5. The maximum absolute atomic E-state index is 16.4. The summed E-state index contributed by atoms with van der Waals surface area (Å²) in [6.45, 7) is 0.783. The fraction of sp³-hybridized carbons (Fsp3) is 0.600. The molecule has 570 valence electrons. The summed E-state index contributed by atoms with van der Waals surface area (Å²) in [5, 5.41) is 8.19. The molecule has 53 heteroatoms. The van der Waals surface area contributed by atoms with Gasteiger partial charge < -0.3 is 90.3 Å². The predicted molar refractivity (Wildman–Crippen MR) is 408 cm³/mol. The van der Waals surface area contributed by atoms with E-state index in [0.717, 1.165) is 11.8 Å². The Labute approximate surface area is 626 Å². The van der Waals surface area contributed by atoms with Gasteiger partial charge in [0, 0.05) is 0 Å². The molecule has 38 nitrogen and oxygen atoms in total. The van der Waals surface area contributed by atoms with Crippen molar-refractivity contribution < 1.29 is 73.8 Å². The highest BCUT2D eigenvalue weighted by Crippen LogP contribution is 2.63. The van der Waals surface area contributed by atoms with Crippen LogP contribution in [0, 0.1) is 0 Å². The molecular formula is C50H78F2N22O16P4S8Si. The Morgan fingerprint density at radius 1 is 0.583 bits per heavy atom. The quantitative estimate of drug-likeness (QED) is 0.0619. The second kappa shape index (κ2) is 32.6. The third-order valence-electron chi connectivity index (χ3n) is 16.8. The minimum atomic E-state index is -4.17. The van der Waals surface area contributed by atoms with Crippen LogP contribution in [0.25, 0.3) is 44.7 Å². The molecule has 17 N–H and O–H groups in total. The van der Waals surface area contributed by atoms with Gasteiger partial charge in [-0.3, -0.25) is 46.9 Å². The van der Waals surface area contributed by atoms with Crippen molar-refractivity contribution in [3.8, 4) is 0 Å². The second-order valence-corrected chi connectivity index (χ2v) is 47.6. The Kier molecular flexibility index (Phi) is 26.4. The molecule has 6 fully saturated rings. The van der Waals surface area contributed by atoms with Crippen molar-refractivity contribution >= 4 is 197 Å². The van der Waals surface area contributed by atoms with Gasteiger partial charge in [0.1, 0.15) is 71.1 Å². The largest absolute Gasteiger partial charge is 0.410 e. The summed E-state index contributed by atoms with van der Waals surface area (Å²) in [6.07, 6.45) is -8.00. The van der Waals surface area contributed by atoms with E-state index in [9.17, 15) is 24.5 Å². The average Bonchev–Trinajstić information content (AvgIpc) is 1.62. The zero-order chi connectivity index (χ0) is 73.4. The van der Waals surface area contributed by atoms with Gasteiger partial charge in [-0.1, -0.05) is 60.1 Å². The Bertz CT molecular complexity index is 4710. The van der Waals surface area contributed by atoms with Crippen molar-refractivity contribution in [2.75, 3.05) is 63.5 Å². The van der Waals surface area contributed by atoms with E-state index in [0.29, 0.717) is 0 Å².